The summed E-state index contributed by atoms with van der Waals surface area (Å²) >= 11 is 1.93. The third-order valence-electron chi connectivity index (χ3n) is 1.46. The van der Waals surface area contributed by atoms with Crippen LogP contribution < -0.4 is 0 Å². The third kappa shape index (κ3) is 1.55. The fraction of sp³-hybridized carbons (Fsp3) is 0.714. The first-order valence-electron chi connectivity index (χ1n) is 3.10. The van der Waals surface area contributed by atoms with Crippen LogP contribution in [0.2, 0.25) is 0 Å². The van der Waals surface area contributed by atoms with Crippen LogP contribution in [-0.2, 0) is 0 Å². The van der Waals surface area contributed by atoms with Crippen LogP contribution in [0.4, 0.5) is 0 Å². The van der Waals surface area contributed by atoms with Crippen molar-refractivity contribution in [3.63, 3.8) is 0 Å². The molecular weight excluding hydrogens is 116 g/mol. The van der Waals surface area contributed by atoms with E-state index in [1.54, 1.807) is 5.57 Å². The highest BCUT2D eigenvalue weighted by Crippen LogP contribution is 2.19. The van der Waals surface area contributed by atoms with E-state index in [0.717, 1.165) is 0 Å². The first kappa shape index (κ1) is 6.21. The second-order valence-electron chi connectivity index (χ2n) is 2.19. The van der Waals surface area contributed by atoms with Gasteiger partial charge in [-0.05, 0) is 25.5 Å². The van der Waals surface area contributed by atoms with Crippen molar-refractivity contribution in [2.45, 2.75) is 19.3 Å². The van der Waals surface area contributed by atoms with Gasteiger partial charge in [-0.3, -0.25) is 0 Å². The molecule has 0 aromatic carbocycles. The Morgan fingerprint density at radius 1 is 1.75 bits per heavy atom. The van der Waals surface area contributed by atoms with Gasteiger partial charge in [0, 0.05) is 5.75 Å². The average Bonchev–Trinajstić information content (AvgIpc) is 2.19. The number of thioether (sulfide) groups is 1. The molecule has 0 radical (unpaired) electrons. The molecule has 0 fully saturated rings. The van der Waals surface area contributed by atoms with Gasteiger partial charge in [0.05, 0.1) is 0 Å². The summed E-state index contributed by atoms with van der Waals surface area (Å²) < 4.78 is 0. The molecule has 0 atom stereocenters. The molecule has 0 heterocycles. The minimum absolute atomic E-state index is 1.26. The van der Waals surface area contributed by atoms with E-state index in [1.165, 1.54) is 25.0 Å². The molecule has 1 rings (SSSR count). The van der Waals surface area contributed by atoms with Crippen LogP contribution in [0.3, 0.4) is 0 Å². The van der Waals surface area contributed by atoms with Gasteiger partial charge in [-0.25, -0.2) is 0 Å². The minimum Gasteiger partial charge on any atom is -0.161 e. The summed E-state index contributed by atoms with van der Waals surface area (Å²) in [7, 11) is 0. The van der Waals surface area contributed by atoms with Gasteiger partial charge in [-0.1, -0.05) is 11.6 Å². The van der Waals surface area contributed by atoms with Crippen LogP contribution in [0, 0.1) is 0 Å². The Balaban J connectivity index is 2.23. The highest BCUT2D eigenvalue weighted by atomic mass is 32.2. The highest BCUT2D eigenvalue weighted by molar-refractivity contribution is 7.98. The molecule has 0 aromatic heterocycles. The Bertz CT molecular complexity index is 94.6. The van der Waals surface area contributed by atoms with Crippen molar-refractivity contribution >= 4 is 11.8 Å². The fourth-order valence-electron chi connectivity index (χ4n) is 1.05. The molecule has 0 unspecified atom stereocenters. The van der Waals surface area contributed by atoms with Crippen molar-refractivity contribution in [1.82, 2.24) is 0 Å². The maximum Gasteiger partial charge on any atom is 0.0140 e. The van der Waals surface area contributed by atoms with Crippen molar-refractivity contribution in [2.24, 2.45) is 0 Å². The molecule has 46 valence electrons. The smallest absolute Gasteiger partial charge is 0.0140 e. The molecule has 1 aliphatic rings. The quantitative estimate of drug-likeness (QED) is 0.515. The van der Waals surface area contributed by atoms with E-state index < -0.39 is 0 Å². The van der Waals surface area contributed by atoms with Crippen LogP contribution in [0.1, 0.15) is 19.3 Å². The Morgan fingerprint density at radius 2 is 2.62 bits per heavy atom. The lowest BCUT2D eigenvalue weighted by molar-refractivity contribution is 0.908. The van der Waals surface area contributed by atoms with Gasteiger partial charge in [0.15, 0.2) is 0 Å². The van der Waals surface area contributed by atoms with Crippen LogP contribution in [-0.4, -0.2) is 12.0 Å². The number of hydrogen-bond acceptors (Lipinski definition) is 1. The second kappa shape index (κ2) is 3.18. The minimum atomic E-state index is 1.26. The predicted molar refractivity (Wildman–Crippen MR) is 40.3 cm³/mol. The molecule has 0 saturated carbocycles. The van der Waals surface area contributed by atoms with Crippen molar-refractivity contribution in [1.29, 1.82) is 0 Å². The fourth-order valence-corrected chi connectivity index (χ4v) is 1.69. The molecule has 0 aromatic rings. The molecular formula is C7H12S. The molecule has 0 amide bonds. The van der Waals surface area contributed by atoms with Crippen LogP contribution in [0.15, 0.2) is 11.6 Å². The summed E-state index contributed by atoms with van der Waals surface area (Å²) in [4.78, 5) is 0. The Morgan fingerprint density at radius 3 is 3.12 bits per heavy atom. The largest absolute Gasteiger partial charge is 0.161 e. The molecule has 0 N–H and O–H groups in total. The second-order valence-corrected chi connectivity index (χ2v) is 3.05. The SMILES string of the molecule is CSCC1=CCCC1. The van der Waals surface area contributed by atoms with E-state index in [-0.39, 0.29) is 0 Å². The first-order chi connectivity index (χ1) is 3.93. The zero-order valence-corrected chi connectivity index (χ0v) is 6.13. The van der Waals surface area contributed by atoms with E-state index in [1.807, 2.05) is 11.8 Å². The van der Waals surface area contributed by atoms with Gasteiger partial charge in [0.1, 0.15) is 0 Å². The molecule has 0 nitrogen and oxygen atoms in total. The molecule has 1 aliphatic carbocycles. The first-order valence-corrected chi connectivity index (χ1v) is 4.49. The zero-order chi connectivity index (χ0) is 5.82. The lowest BCUT2D eigenvalue weighted by Crippen LogP contribution is -1.78. The molecule has 8 heavy (non-hydrogen) atoms. The van der Waals surface area contributed by atoms with Crippen LogP contribution in [0.25, 0.3) is 0 Å². The van der Waals surface area contributed by atoms with Crippen molar-refractivity contribution < 1.29 is 0 Å². The highest BCUT2D eigenvalue weighted by Gasteiger charge is 2.01. The van der Waals surface area contributed by atoms with Gasteiger partial charge in [0.2, 0.25) is 0 Å². The summed E-state index contributed by atoms with van der Waals surface area (Å²) in [5, 5.41) is 0. The van der Waals surface area contributed by atoms with Gasteiger partial charge in [0.25, 0.3) is 0 Å². The molecule has 0 spiro atoms. The Labute approximate surface area is 55.4 Å². The molecule has 0 aliphatic heterocycles. The maximum atomic E-state index is 2.39. The van der Waals surface area contributed by atoms with Crippen LogP contribution in [0.5, 0.6) is 0 Å². The van der Waals surface area contributed by atoms with Crippen LogP contribution >= 0.6 is 11.8 Å². The topological polar surface area (TPSA) is 0 Å². The molecule has 0 bridgehead atoms. The molecule has 0 saturated heterocycles. The maximum absolute atomic E-state index is 2.39. The summed E-state index contributed by atoms with van der Waals surface area (Å²) in [6, 6.07) is 0. The number of rotatable bonds is 2. The Hall–Kier alpha value is 0.0900. The van der Waals surface area contributed by atoms with E-state index in [4.69, 9.17) is 0 Å². The monoisotopic (exact) mass is 128 g/mol. The van der Waals surface area contributed by atoms with E-state index in [0.29, 0.717) is 0 Å². The van der Waals surface area contributed by atoms with Gasteiger partial charge >= 0.3 is 0 Å². The summed E-state index contributed by atoms with van der Waals surface area (Å²) in [5.41, 5.74) is 1.66. The van der Waals surface area contributed by atoms with Gasteiger partial charge in [-0.15, -0.1) is 0 Å². The standard InChI is InChI=1S/C7H12S/c1-8-6-7-4-2-3-5-7/h4H,2-3,5-6H2,1H3. The van der Waals surface area contributed by atoms with E-state index >= 15 is 0 Å². The summed E-state index contributed by atoms with van der Waals surface area (Å²) in [5.74, 6) is 1.26. The van der Waals surface area contributed by atoms with E-state index in [2.05, 4.69) is 12.3 Å². The number of hydrogen-bond donors (Lipinski definition) is 0. The Kier molecular flexibility index (Phi) is 2.47. The third-order valence-corrected chi connectivity index (χ3v) is 2.12. The lowest BCUT2D eigenvalue weighted by atomic mass is 10.3. The predicted octanol–water partition coefficient (Wildman–Crippen LogP) is 2.46. The van der Waals surface area contributed by atoms with Gasteiger partial charge < -0.3 is 0 Å². The van der Waals surface area contributed by atoms with E-state index in [9.17, 15) is 0 Å². The van der Waals surface area contributed by atoms with Crippen molar-refractivity contribution in [2.75, 3.05) is 12.0 Å². The zero-order valence-electron chi connectivity index (χ0n) is 5.31. The lowest BCUT2D eigenvalue weighted by Gasteiger charge is -1.93. The average molecular weight is 128 g/mol. The summed E-state index contributed by atoms with van der Waals surface area (Å²) in [6.07, 6.45) is 8.64. The molecule has 1 heteroatoms. The van der Waals surface area contributed by atoms with Crippen molar-refractivity contribution in [3.8, 4) is 0 Å². The normalized spacial score (nSPS) is 18.9. The summed E-state index contributed by atoms with van der Waals surface area (Å²) in [6.45, 7) is 0. The van der Waals surface area contributed by atoms with Gasteiger partial charge in [-0.2, -0.15) is 11.8 Å². The van der Waals surface area contributed by atoms with Crippen molar-refractivity contribution in [3.05, 3.63) is 11.6 Å². The number of allylic oxidation sites excluding steroid dienone is 1.